The number of nitrogens with one attached hydrogen (secondary N) is 1. The second kappa shape index (κ2) is 4.64. The van der Waals surface area contributed by atoms with E-state index in [2.05, 4.69) is 17.6 Å². The minimum Gasteiger partial charge on any atom is -0.384 e. The van der Waals surface area contributed by atoms with E-state index in [9.17, 15) is 4.39 Å². The van der Waals surface area contributed by atoms with Crippen LogP contribution in [-0.2, 0) is 0 Å². The highest BCUT2D eigenvalue weighted by molar-refractivity contribution is 5.36. The van der Waals surface area contributed by atoms with Crippen molar-refractivity contribution in [3.05, 3.63) is 53.2 Å². The Morgan fingerprint density at radius 1 is 1.57 bits per heavy atom. The van der Waals surface area contributed by atoms with Crippen molar-refractivity contribution < 1.29 is 4.39 Å². The van der Waals surface area contributed by atoms with Gasteiger partial charge in [-0.1, -0.05) is 6.58 Å². The first-order valence-electron chi connectivity index (χ1n) is 4.49. The van der Waals surface area contributed by atoms with Crippen LogP contribution in [0.4, 0.5) is 4.39 Å². The molecule has 0 aromatic heterocycles. The monoisotopic (exact) mass is 191 g/mol. The van der Waals surface area contributed by atoms with Gasteiger partial charge in [0, 0.05) is 17.8 Å². The third-order valence-corrected chi connectivity index (χ3v) is 1.86. The molecule has 0 aromatic carbocycles. The molecular weight excluding hydrogens is 177 g/mol. The highest BCUT2D eigenvalue weighted by Gasteiger charge is 1.99. The molecule has 0 heterocycles. The lowest BCUT2D eigenvalue weighted by Gasteiger charge is -2.02. The molecule has 74 valence electrons. The summed E-state index contributed by atoms with van der Waals surface area (Å²) < 4.78 is 13.1. The molecular formula is C12H14FN. The molecule has 0 unspecified atom stereocenters. The van der Waals surface area contributed by atoms with Gasteiger partial charge in [-0.3, -0.25) is 0 Å². The minimum atomic E-state index is -0.206. The summed E-state index contributed by atoms with van der Waals surface area (Å²) in [6.07, 6.45) is 4.84. The molecule has 0 aliphatic heterocycles. The predicted molar refractivity (Wildman–Crippen MR) is 57.4 cm³/mol. The van der Waals surface area contributed by atoms with E-state index in [0.29, 0.717) is 12.1 Å². The van der Waals surface area contributed by atoms with E-state index < -0.39 is 0 Å². The summed E-state index contributed by atoms with van der Waals surface area (Å²) in [6.45, 7) is 7.96. The fourth-order valence-electron chi connectivity index (χ4n) is 0.979. The molecule has 0 spiro atoms. The van der Waals surface area contributed by atoms with E-state index in [1.807, 2.05) is 6.92 Å². The normalized spacial score (nSPS) is 15.2. The minimum absolute atomic E-state index is 0.206. The zero-order valence-electron chi connectivity index (χ0n) is 8.52. The Morgan fingerprint density at radius 2 is 2.29 bits per heavy atom. The van der Waals surface area contributed by atoms with E-state index in [0.717, 1.165) is 11.3 Å². The number of hydrogen-bond acceptors (Lipinski definition) is 1. The smallest absolute Gasteiger partial charge is 0.126 e. The Morgan fingerprint density at radius 3 is 2.93 bits per heavy atom. The third-order valence-electron chi connectivity index (χ3n) is 1.86. The molecule has 1 rings (SSSR count). The van der Waals surface area contributed by atoms with E-state index >= 15 is 0 Å². The Bertz CT molecular complexity index is 366. The summed E-state index contributed by atoms with van der Waals surface area (Å²) >= 11 is 0. The van der Waals surface area contributed by atoms with Crippen LogP contribution in [0.2, 0.25) is 0 Å². The van der Waals surface area contributed by atoms with Gasteiger partial charge in [0.2, 0.25) is 0 Å². The largest absolute Gasteiger partial charge is 0.384 e. The summed E-state index contributed by atoms with van der Waals surface area (Å²) in [4.78, 5) is 0. The van der Waals surface area contributed by atoms with E-state index in [4.69, 9.17) is 0 Å². The van der Waals surface area contributed by atoms with Crippen LogP contribution in [0.1, 0.15) is 13.8 Å². The lowest BCUT2D eigenvalue weighted by molar-refractivity contribution is 0.658. The third kappa shape index (κ3) is 3.08. The van der Waals surface area contributed by atoms with Gasteiger partial charge in [0.25, 0.3) is 0 Å². The van der Waals surface area contributed by atoms with Gasteiger partial charge in [-0.25, -0.2) is 4.39 Å². The zero-order chi connectivity index (χ0) is 10.6. The molecule has 14 heavy (non-hydrogen) atoms. The van der Waals surface area contributed by atoms with Crippen LogP contribution >= 0.6 is 0 Å². The van der Waals surface area contributed by atoms with Gasteiger partial charge in [0.05, 0.1) is 0 Å². The molecule has 1 N–H and O–H groups in total. The Hall–Kier alpha value is -1.53. The van der Waals surface area contributed by atoms with Gasteiger partial charge in [-0.05, 0) is 37.6 Å². The van der Waals surface area contributed by atoms with Gasteiger partial charge in [0.15, 0.2) is 0 Å². The SMILES string of the molecule is C=C(C)NCC1=C=CC(C)=C(F)C=C1. The molecule has 0 saturated carbocycles. The first-order chi connectivity index (χ1) is 6.59. The van der Waals surface area contributed by atoms with Crippen LogP contribution in [0.3, 0.4) is 0 Å². The van der Waals surface area contributed by atoms with Gasteiger partial charge in [-0.15, -0.1) is 5.73 Å². The van der Waals surface area contributed by atoms with Gasteiger partial charge in [0.1, 0.15) is 5.83 Å². The van der Waals surface area contributed by atoms with Crippen molar-refractivity contribution in [3.63, 3.8) is 0 Å². The van der Waals surface area contributed by atoms with E-state index in [1.54, 1.807) is 19.1 Å². The van der Waals surface area contributed by atoms with Crippen molar-refractivity contribution in [1.82, 2.24) is 5.32 Å². The summed E-state index contributed by atoms with van der Waals surface area (Å²) in [5, 5.41) is 3.07. The molecule has 0 fully saturated rings. The van der Waals surface area contributed by atoms with Crippen molar-refractivity contribution in [2.24, 2.45) is 0 Å². The van der Waals surface area contributed by atoms with Crippen LogP contribution in [0.5, 0.6) is 0 Å². The molecule has 1 aliphatic rings. The second-order valence-electron chi connectivity index (χ2n) is 3.31. The highest BCUT2D eigenvalue weighted by atomic mass is 19.1. The molecule has 0 aromatic rings. The lowest BCUT2D eigenvalue weighted by atomic mass is 10.2. The standard InChI is InChI=1S/C12H14FN/c1-9(2)14-8-11-5-4-10(3)12(13)7-6-11/h4,6-7,14H,1,8H2,2-3H3. The summed E-state index contributed by atoms with van der Waals surface area (Å²) in [7, 11) is 0. The van der Waals surface area contributed by atoms with Crippen LogP contribution in [0, 0.1) is 0 Å². The highest BCUT2D eigenvalue weighted by Crippen LogP contribution is 2.13. The Kier molecular flexibility index (Phi) is 3.49. The van der Waals surface area contributed by atoms with Gasteiger partial charge >= 0.3 is 0 Å². The topological polar surface area (TPSA) is 12.0 Å². The van der Waals surface area contributed by atoms with Crippen molar-refractivity contribution >= 4 is 0 Å². The molecule has 0 atom stereocenters. The first-order valence-corrected chi connectivity index (χ1v) is 4.49. The van der Waals surface area contributed by atoms with Crippen LogP contribution in [0.15, 0.2) is 53.2 Å². The van der Waals surface area contributed by atoms with Crippen molar-refractivity contribution in [1.29, 1.82) is 0 Å². The average molecular weight is 191 g/mol. The van der Waals surface area contributed by atoms with Crippen molar-refractivity contribution in [3.8, 4) is 0 Å². The number of hydrogen-bond donors (Lipinski definition) is 1. The maximum absolute atomic E-state index is 13.1. The molecule has 1 nitrogen and oxygen atoms in total. The fraction of sp³-hybridized carbons (Fsp3) is 0.250. The van der Waals surface area contributed by atoms with Crippen LogP contribution in [0.25, 0.3) is 0 Å². The van der Waals surface area contributed by atoms with Gasteiger partial charge < -0.3 is 5.32 Å². The molecule has 0 amide bonds. The second-order valence-corrected chi connectivity index (χ2v) is 3.31. The zero-order valence-corrected chi connectivity index (χ0v) is 8.52. The maximum Gasteiger partial charge on any atom is 0.126 e. The average Bonchev–Trinajstić information content (AvgIpc) is 2.28. The van der Waals surface area contributed by atoms with Crippen molar-refractivity contribution in [2.75, 3.05) is 6.54 Å². The molecule has 2 heteroatoms. The van der Waals surface area contributed by atoms with E-state index in [-0.39, 0.29) is 5.83 Å². The van der Waals surface area contributed by atoms with Crippen LogP contribution in [-0.4, -0.2) is 6.54 Å². The lowest BCUT2D eigenvalue weighted by Crippen LogP contribution is -2.12. The van der Waals surface area contributed by atoms with Crippen LogP contribution < -0.4 is 5.32 Å². The molecule has 1 aliphatic carbocycles. The Labute approximate surface area is 84.0 Å². The summed E-state index contributed by atoms with van der Waals surface area (Å²) in [6, 6.07) is 0. The van der Waals surface area contributed by atoms with Crippen molar-refractivity contribution in [2.45, 2.75) is 13.8 Å². The van der Waals surface area contributed by atoms with Gasteiger partial charge in [-0.2, -0.15) is 0 Å². The molecule has 0 radical (unpaired) electrons. The quantitative estimate of drug-likeness (QED) is 0.676. The first kappa shape index (κ1) is 10.6. The predicted octanol–water partition coefficient (Wildman–Crippen LogP) is 3.00. The number of allylic oxidation sites excluding steroid dienone is 4. The Balaban J connectivity index is 2.72. The maximum atomic E-state index is 13.1. The number of halogens is 1. The molecule has 0 saturated heterocycles. The number of rotatable bonds is 3. The fourth-order valence-corrected chi connectivity index (χ4v) is 0.979. The van der Waals surface area contributed by atoms with E-state index in [1.165, 1.54) is 6.08 Å². The summed E-state index contributed by atoms with van der Waals surface area (Å²) in [5.74, 6) is -0.206. The summed E-state index contributed by atoms with van der Waals surface area (Å²) in [5.41, 5.74) is 5.43. The molecule has 0 bridgehead atoms.